The maximum atomic E-state index is 12.8. The summed E-state index contributed by atoms with van der Waals surface area (Å²) < 4.78 is 3.24. The van der Waals surface area contributed by atoms with E-state index >= 15 is 0 Å². The Kier molecular flexibility index (Phi) is 5.32. The van der Waals surface area contributed by atoms with Crippen molar-refractivity contribution < 1.29 is 9.59 Å². The van der Waals surface area contributed by atoms with E-state index in [0.29, 0.717) is 30.9 Å². The van der Waals surface area contributed by atoms with E-state index in [4.69, 9.17) is 0 Å². The Morgan fingerprint density at radius 3 is 2.97 bits per heavy atom. The fourth-order valence-electron chi connectivity index (χ4n) is 3.46. The summed E-state index contributed by atoms with van der Waals surface area (Å²) in [5.74, 6) is -0.436. The number of aromatic nitrogens is 6. The van der Waals surface area contributed by atoms with Crippen molar-refractivity contribution in [1.29, 1.82) is 0 Å². The Hall–Kier alpha value is -3.56. The number of likely N-dealkylation sites (tertiary alicyclic amines) is 1. The summed E-state index contributed by atoms with van der Waals surface area (Å²) in [4.78, 5) is 27.3. The second-order valence-corrected chi connectivity index (χ2v) is 6.97. The number of nitrogens with zero attached hydrogens (tertiary/aromatic N) is 7. The fourth-order valence-corrected chi connectivity index (χ4v) is 3.46. The van der Waals surface area contributed by atoms with E-state index in [1.165, 1.54) is 11.0 Å². The predicted octanol–water partition coefficient (Wildman–Crippen LogP) is 1.37. The lowest BCUT2D eigenvalue weighted by Gasteiger charge is -2.31. The number of hydrogen-bond donors (Lipinski definition) is 1. The lowest BCUT2D eigenvalue weighted by molar-refractivity contribution is -0.121. The third-order valence-electron chi connectivity index (χ3n) is 5.01. The summed E-state index contributed by atoms with van der Waals surface area (Å²) in [7, 11) is 0. The summed E-state index contributed by atoms with van der Waals surface area (Å²) >= 11 is 0. The second-order valence-electron chi connectivity index (χ2n) is 6.97. The summed E-state index contributed by atoms with van der Waals surface area (Å²) in [5, 5.41) is 18.2. The summed E-state index contributed by atoms with van der Waals surface area (Å²) in [5.41, 5.74) is 1.97. The third-order valence-corrected chi connectivity index (χ3v) is 5.01. The third kappa shape index (κ3) is 4.15. The van der Waals surface area contributed by atoms with Gasteiger partial charge in [-0.05, 0) is 48.4 Å². The molecular formula is C19H22N8O2. The van der Waals surface area contributed by atoms with Crippen molar-refractivity contribution in [3.05, 3.63) is 48.5 Å². The van der Waals surface area contributed by atoms with Crippen LogP contribution in [0.5, 0.6) is 0 Å². The number of hydrogen-bond acceptors (Lipinski definition) is 6. The second kappa shape index (κ2) is 8.21. The highest BCUT2D eigenvalue weighted by molar-refractivity contribution is 5.96. The van der Waals surface area contributed by atoms with Crippen molar-refractivity contribution in [2.45, 2.75) is 26.3 Å². The highest BCUT2D eigenvalue weighted by Crippen LogP contribution is 2.21. The van der Waals surface area contributed by atoms with Crippen LogP contribution in [0.25, 0.3) is 5.69 Å². The molecule has 1 aromatic carbocycles. The van der Waals surface area contributed by atoms with E-state index in [2.05, 4.69) is 25.9 Å². The number of carbonyl (C=O) groups excluding carboxylic acids is 2. The zero-order chi connectivity index (χ0) is 20.2. The van der Waals surface area contributed by atoms with Gasteiger partial charge in [-0.2, -0.15) is 5.10 Å². The topological polar surface area (TPSA) is 111 Å². The molecule has 0 radical (unpaired) electrons. The Morgan fingerprint density at radius 2 is 2.21 bits per heavy atom. The van der Waals surface area contributed by atoms with E-state index < -0.39 is 0 Å². The van der Waals surface area contributed by atoms with E-state index in [1.807, 2.05) is 25.1 Å². The number of anilines is 1. The lowest BCUT2D eigenvalue weighted by Crippen LogP contribution is -2.43. The lowest BCUT2D eigenvalue weighted by atomic mass is 9.96. The zero-order valence-corrected chi connectivity index (χ0v) is 16.1. The first-order valence-corrected chi connectivity index (χ1v) is 9.60. The smallest absolute Gasteiger partial charge is 0.257 e. The molecule has 2 aromatic heterocycles. The molecule has 10 nitrogen and oxygen atoms in total. The van der Waals surface area contributed by atoms with Crippen molar-refractivity contribution in [2.75, 3.05) is 18.4 Å². The van der Waals surface area contributed by atoms with Gasteiger partial charge in [0.25, 0.3) is 5.91 Å². The molecule has 2 amide bonds. The molecule has 0 unspecified atom stereocenters. The molecule has 29 heavy (non-hydrogen) atoms. The Balaban J connectivity index is 1.41. The Bertz CT molecular complexity index is 997. The van der Waals surface area contributed by atoms with Crippen molar-refractivity contribution in [1.82, 2.24) is 34.9 Å². The van der Waals surface area contributed by atoms with E-state index in [-0.39, 0.29) is 17.7 Å². The van der Waals surface area contributed by atoms with Crippen LogP contribution in [0.1, 0.15) is 30.1 Å². The average molecular weight is 394 g/mol. The molecule has 3 aromatic rings. The minimum Gasteiger partial charge on any atom is -0.338 e. The molecule has 0 spiro atoms. The first-order valence-electron chi connectivity index (χ1n) is 9.60. The maximum absolute atomic E-state index is 12.8. The molecule has 1 aliphatic rings. The largest absolute Gasteiger partial charge is 0.338 e. The van der Waals surface area contributed by atoms with Crippen molar-refractivity contribution in [3.63, 3.8) is 0 Å². The molecule has 0 saturated carbocycles. The number of rotatable bonds is 5. The summed E-state index contributed by atoms with van der Waals surface area (Å²) in [6, 6.07) is 7.30. The van der Waals surface area contributed by atoms with Crippen molar-refractivity contribution >= 4 is 17.5 Å². The predicted molar refractivity (Wildman–Crippen MR) is 104 cm³/mol. The molecule has 10 heteroatoms. The molecule has 0 bridgehead atoms. The van der Waals surface area contributed by atoms with Crippen LogP contribution in [0.2, 0.25) is 0 Å². The first kappa shape index (κ1) is 18.8. The number of tetrazole rings is 1. The fraction of sp³-hybridized carbons (Fsp3) is 0.368. The number of nitrogens with one attached hydrogen (secondary N) is 1. The maximum Gasteiger partial charge on any atom is 0.257 e. The van der Waals surface area contributed by atoms with Crippen LogP contribution in [-0.2, 0) is 11.3 Å². The quantitative estimate of drug-likeness (QED) is 0.700. The van der Waals surface area contributed by atoms with Gasteiger partial charge < -0.3 is 10.2 Å². The molecule has 1 N–H and O–H groups in total. The van der Waals surface area contributed by atoms with Gasteiger partial charge in [0.15, 0.2) is 0 Å². The van der Waals surface area contributed by atoms with Gasteiger partial charge in [0.2, 0.25) is 5.91 Å². The SMILES string of the molecule is CCn1cc(C(=O)N2CCC[C@H](C(=O)Nc3cccc(-n4cnnn4)c3)C2)cn1. The number of carbonyl (C=O) groups is 2. The average Bonchev–Trinajstić information content (AvgIpc) is 3.45. The Labute approximate surface area is 167 Å². The van der Waals surface area contributed by atoms with Crippen molar-refractivity contribution in [2.24, 2.45) is 5.92 Å². The highest BCUT2D eigenvalue weighted by Gasteiger charge is 2.29. The van der Waals surface area contributed by atoms with Crippen LogP contribution >= 0.6 is 0 Å². The van der Waals surface area contributed by atoms with Crippen LogP contribution in [0.4, 0.5) is 5.69 Å². The van der Waals surface area contributed by atoms with E-state index in [1.54, 1.807) is 28.0 Å². The molecule has 0 aliphatic carbocycles. The first-order chi connectivity index (χ1) is 14.1. The summed E-state index contributed by atoms with van der Waals surface area (Å²) in [6.07, 6.45) is 6.36. The molecule has 3 heterocycles. The molecular weight excluding hydrogens is 372 g/mol. The van der Waals surface area contributed by atoms with E-state index in [0.717, 1.165) is 18.5 Å². The zero-order valence-electron chi connectivity index (χ0n) is 16.1. The minimum absolute atomic E-state index is 0.0807. The van der Waals surface area contributed by atoms with Gasteiger partial charge >= 0.3 is 0 Å². The van der Waals surface area contributed by atoms with Gasteiger partial charge in [-0.25, -0.2) is 4.68 Å². The molecule has 4 rings (SSSR count). The molecule has 1 aliphatic heterocycles. The van der Waals surface area contributed by atoms with Gasteiger partial charge in [-0.1, -0.05) is 6.07 Å². The Morgan fingerprint density at radius 1 is 1.31 bits per heavy atom. The number of piperidine rings is 1. The van der Waals surface area contributed by atoms with Crippen LogP contribution in [0, 0.1) is 5.92 Å². The van der Waals surface area contributed by atoms with Gasteiger partial charge in [0.05, 0.1) is 23.4 Å². The molecule has 1 fully saturated rings. The van der Waals surface area contributed by atoms with Crippen molar-refractivity contribution in [3.8, 4) is 5.69 Å². The van der Waals surface area contributed by atoms with Crippen LogP contribution in [-0.4, -0.2) is 59.8 Å². The van der Waals surface area contributed by atoms with E-state index in [9.17, 15) is 9.59 Å². The summed E-state index contributed by atoms with van der Waals surface area (Å²) in [6.45, 7) is 3.72. The van der Waals surface area contributed by atoms with Gasteiger partial charge in [-0.3, -0.25) is 14.3 Å². The number of aryl methyl sites for hydroxylation is 1. The molecule has 150 valence electrons. The molecule has 1 saturated heterocycles. The van der Waals surface area contributed by atoms with Gasteiger partial charge in [0, 0.05) is 31.5 Å². The standard InChI is InChI=1S/C19H22N8O2/c1-2-26-12-15(10-21-26)19(29)25-8-4-5-14(11-25)18(28)22-16-6-3-7-17(9-16)27-13-20-23-24-27/h3,6-7,9-10,12-14H,2,4-5,8,11H2,1H3,(H,22,28)/t14-/m0/s1. The highest BCUT2D eigenvalue weighted by atomic mass is 16.2. The van der Waals surface area contributed by atoms with Gasteiger partial charge in [0.1, 0.15) is 6.33 Å². The molecule has 1 atom stereocenters. The number of benzene rings is 1. The van der Waals surface area contributed by atoms with Crippen LogP contribution < -0.4 is 5.32 Å². The normalized spacial score (nSPS) is 16.6. The van der Waals surface area contributed by atoms with Crippen LogP contribution in [0.3, 0.4) is 0 Å². The monoisotopic (exact) mass is 394 g/mol. The number of amides is 2. The van der Waals surface area contributed by atoms with Gasteiger partial charge in [-0.15, -0.1) is 5.10 Å². The van der Waals surface area contributed by atoms with Crippen LogP contribution in [0.15, 0.2) is 43.0 Å². The minimum atomic E-state index is -0.259.